The Labute approximate surface area is 134 Å². The molecule has 0 aliphatic carbocycles. The number of carbonyl (C=O) groups excluding carboxylic acids is 1. The molecule has 0 radical (unpaired) electrons. The van der Waals surface area contributed by atoms with Crippen molar-refractivity contribution in [1.82, 2.24) is 0 Å². The lowest BCUT2D eigenvalue weighted by molar-refractivity contribution is -0.135. The Bertz CT molecular complexity index is 540. The van der Waals surface area contributed by atoms with Gasteiger partial charge in [-0.3, -0.25) is 0 Å². The third-order valence-corrected chi connectivity index (χ3v) is 3.63. The second-order valence-corrected chi connectivity index (χ2v) is 5.35. The van der Waals surface area contributed by atoms with Gasteiger partial charge in [0.2, 0.25) is 0 Å². The standard InChI is InChI=1S/C16H22BrNO3/c1-6-7-10(2)13(17)9-8-11(3)15(19)14(12(4)18)16(20)21-5/h7-9,18-19H,6H2,1-5H3/b10-7+,11-8+,13-9+,15-14+,18-12?. The summed E-state index contributed by atoms with van der Waals surface area (Å²) in [5.74, 6) is -0.971. The molecule has 116 valence electrons. The van der Waals surface area contributed by atoms with Crippen LogP contribution in [0.3, 0.4) is 0 Å². The van der Waals surface area contributed by atoms with Crippen molar-refractivity contribution >= 4 is 27.6 Å². The van der Waals surface area contributed by atoms with E-state index in [0.29, 0.717) is 5.57 Å². The summed E-state index contributed by atoms with van der Waals surface area (Å²) in [4.78, 5) is 11.6. The van der Waals surface area contributed by atoms with Gasteiger partial charge in [0, 0.05) is 10.2 Å². The zero-order chi connectivity index (χ0) is 16.6. The Morgan fingerprint density at radius 2 is 1.81 bits per heavy atom. The molecule has 0 aromatic heterocycles. The zero-order valence-electron chi connectivity index (χ0n) is 13.1. The minimum Gasteiger partial charge on any atom is -0.507 e. The van der Waals surface area contributed by atoms with Crippen molar-refractivity contribution in [1.29, 1.82) is 5.41 Å². The second-order valence-electron chi connectivity index (χ2n) is 4.50. The largest absolute Gasteiger partial charge is 0.507 e. The third kappa shape index (κ3) is 6.12. The van der Waals surface area contributed by atoms with Gasteiger partial charge < -0.3 is 15.3 Å². The number of rotatable bonds is 6. The van der Waals surface area contributed by atoms with Crippen molar-refractivity contribution < 1.29 is 14.6 Å². The second kappa shape index (κ2) is 9.34. The first-order valence-electron chi connectivity index (χ1n) is 6.54. The maximum Gasteiger partial charge on any atom is 0.343 e. The molecule has 0 unspecified atom stereocenters. The van der Waals surface area contributed by atoms with Crippen LogP contribution in [0.25, 0.3) is 0 Å². The predicted octanol–water partition coefficient (Wildman–Crippen LogP) is 4.59. The van der Waals surface area contributed by atoms with Gasteiger partial charge in [0.05, 0.1) is 7.11 Å². The van der Waals surface area contributed by atoms with Crippen LogP contribution in [0.4, 0.5) is 0 Å². The number of halogens is 1. The number of aliphatic hydroxyl groups excluding tert-OH is 1. The molecule has 0 aliphatic rings. The highest BCUT2D eigenvalue weighted by molar-refractivity contribution is 9.12. The minimum absolute atomic E-state index is 0.0443. The number of allylic oxidation sites excluding steroid dienone is 6. The molecule has 0 aromatic rings. The van der Waals surface area contributed by atoms with Crippen molar-refractivity contribution in [3.05, 3.63) is 45.2 Å². The maximum absolute atomic E-state index is 11.6. The van der Waals surface area contributed by atoms with Crippen LogP contribution in [0.15, 0.2) is 45.2 Å². The molecule has 0 fully saturated rings. The van der Waals surface area contributed by atoms with Crippen LogP contribution in [0, 0.1) is 5.41 Å². The first-order valence-corrected chi connectivity index (χ1v) is 7.34. The van der Waals surface area contributed by atoms with Gasteiger partial charge in [-0.1, -0.05) is 35.0 Å². The van der Waals surface area contributed by atoms with Gasteiger partial charge in [-0.05, 0) is 44.4 Å². The third-order valence-electron chi connectivity index (χ3n) is 2.74. The van der Waals surface area contributed by atoms with E-state index in [4.69, 9.17) is 5.41 Å². The zero-order valence-corrected chi connectivity index (χ0v) is 14.7. The van der Waals surface area contributed by atoms with E-state index in [0.717, 1.165) is 16.5 Å². The fourth-order valence-electron chi connectivity index (χ4n) is 1.54. The number of hydrogen-bond acceptors (Lipinski definition) is 4. The fraction of sp³-hybridized carbons (Fsp3) is 0.375. The van der Waals surface area contributed by atoms with Crippen LogP contribution in [0.1, 0.15) is 34.1 Å². The van der Waals surface area contributed by atoms with Gasteiger partial charge in [0.25, 0.3) is 0 Å². The van der Waals surface area contributed by atoms with E-state index >= 15 is 0 Å². The predicted molar refractivity (Wildman–Crippen MR) is 89.9 cm³/mol. The molecule has 0 rings (SSSR count). The molecule has 0 saturated heterocycles. The molecule has 0 heterocycles. The van der Waals surface area contributed by atoms with Gasteiger partial charge in [-0.2, -0.15) is 0 Å². The molecule has 5 heteroatoms. The number of ether oxygens (including phenoxy) is 1. The lowest BCUT2D eigenvalue weighted by Gasteiger charge is -2.08. The number of nitrogens with one attached hydrogen (secondary N) is 1. The van der Waals surface area contributed by atoms with Gasteiger partial charge in [0.15, 0.2) is 0 Å². The Morgan fingerprint density at radius 3 is 2.24 bits per heavy atom. The average Bonchev–Trinajstić information content (AvgIpc) is 2.43. The lowest BCUT2D eigenvalue weighted by atomic mass is 10.1. The van der Waals surface area contributed by atoms with Gasteiger partial charge in [0.1, 0.15) is 11.3 Å². The summed E-state index contributed by atoms with van der Waals surface area (Å²) in [6.07, 6.45) is 6.47. The van der Waals surface area contributed by atoms with Crippen molar-refractivity contribution in [3.8, 4) is 0 Å². The first-order chi connectivity index (χ1) is 9.76. The molecule has 0 atom stereocenters. The van der Waals surface area contributed by atoms with Crippen molar-refractivity contribution in [2.75, 3.05) is 7.11 Å². The number of methoxy groups -OCH3 is 1. The number of hydrogen-bond donors (Lipinski definition) is 2. The summed E-state index contributed by atoms with van der Waals surface area (Å²) in [5.41, 5.74) is 1.39. The molecule has 4 nitrogen and oxygen atoms in total. The monoisotopic (exact) mass is 355 g/mol. The SMILES string of the molecule is CC/C=C(C)/C(Br)=C\C=C(C)\C(O)=C(\C(C)=N)C(=O)OC. The topological polar surface area (TPSA) is 70.4 Å². The molecule has 0 spiro atoms. The molecule has 0 amide bonds. The first kappa shape index (κ1) is 19.4. The minimum atomic E-state index is -0.724. The summed E-state index contributed by atoms with van der Waals surface area (Å²) in [6, 6.07) is 0. The van der Waals surface area contributed by atoms with E-state index in [1.165, 1.54) is 14.0 Å². The van der Waals surface area contributed by atoms with E-state index in [1.54, 1.807) is 19.1 Å². The Balaban J connectivity index is 5.58. The van der Waals surface area contributed by atoms with Gasteiger partial charge in [-0.25, -0.2) is 4.79 Å². The molecule has 0 saturated carbocycles. The highest BCUT2D eigenvalue weighted by atomic mass is 79.9. The van der Waals surface area contributed by atoms with Gasteiger partial charge >= 0.3 is 5.97 Å². The summed E-state index contributed by atoms with van der Waals surface area (Å²) in [7, 11) is 1.22. The Morgan fingerprint density at radius 1 is 1.24 bits per heavy atom. The normalized spacial score (nSPS) is 14.7. The van der Waals surface area contributed by atoms with Crippen LogP contribution in [-0.4, -0.2) is 23.9 Å². The molecule has 0 aliphatic heterocycles. The lowest BCUT2D eigenvalue weighted by Crippen LogP contribution is -2.14. The molecule has 0 aromatic carbocycles. The molecule has 0 bridgehead atoms. The van der Waals surface area contributed by atoms with Crippen LogP contribution >= 0.6 is 15.9 Å². The van der Waals surface area contributed by atoms with Crippen LogP contribution in [-0.2, 0) is 9.53 Å². The fourth-order valence-corrected chi connectivity index (χ4v) is 1.83. The van der Waals surface area contributed by atoms with E-state index in [1.807, 2.05) is 6.92 Å². The molecular formula is C16H22BrNO3. The number of aliphatic hydroxyl groups is 1. The van der Waals surface area contributed by atoms with Crippen molar-refractivity contribution in [2.24, 2.45) is 0 Å². The summed E-state index contributed by atoms with van der Waals surface area (Å²) >= 11 is 3.45. The van der Waals surface area contributed by atoms with Gasteiger partial charge in [-0.15, -0.1) is 0 Å². The summed E-state index contributed by atoms with van der Waals surface area (Å²) in [6.45, 7) is 7.12. The molecule has 2 N–H and O–H groups in total. The van der Waals surface area contributed by atoms with Crippen LogP contribution in [0.2, 0.25) is 0 Å². The number of esters is 1. The highest BCUT2D eigenvalue weighted by Gasteiger charge is 2.18. The van der Waals surface area contributed by atoms with E-state index < -0.39 is 5.97 Å². The average molecular weight is 356 g/mol. The Kier molecular flexibility index (Phi) is 8.62. The van der Waals surface area contributed by atoms with Crippen molar-refractivity contribution in [2.45, 2.75) is 34.1 Å². The smallest absolute Gasteiger partial charge is 0.343 e. The Hall–Kier alpha value is -1.62. The summed E-state index contributed by atoms with van der Waals surface area (Å²) in [5, 5.41) is 17.7. The van der Waals surface area contributed by atoms with Crippen molar-refractivity contribution in [3.63, 3.8) is 0 Å². The van der Waals surface area contributed by atoms with E-state index in [9.17, 15) is 9.90 Å². The number of carbonyl (C=O) groups is 1. The van der Waals surface area contributed by atoms with E-state index in [-0.39, 0.29) is 17.0 Å². The summed E-state index contributed by atoms with van der Waals surface area (Å²) < 4.78 is 5.47. The van der Waals surface area contributed by atoms with Crippen LogP contribution in [0.5, 0.6) is 0 Å². The quantitative estimate of drug-likeness (QED) is 0.240. The highest BCUT2D eigenvalue weighted by Crippen LogP contribution is 2.19. The maximum atomic E-state index is 11.6. The van der Waals surface area contributed by atoms with Crippen LogP contribution < -0.4 is 0 Å². The molecular weight excluding hydrogens is 334 g/mol. The molecule has 21 heavy (non-hydrogen) atoms. The van der Waals surface area contributed by atoms with E-state index in [2.05, 4.69) is 33.7 Å².